The van der Waals surface area contributed by atoms with Crippen molar-refractivity contribution in [2.45, 2.75) is 26.7 Å². The van der Waals surface area contributed by atoms with E-state index >= 15 is 0 Å². The van der Waals surface area contributed by atoms with Gasteiger partial charge in [0.2, 0.25) is 0 Å². The van der Waals surface area contributed by atoms with E-state index in [4.69, 9.17) is 4.74 Å². The molecule has 0 heterocycles. The maximum Gasteiger partial charge on any atom is 0.167 e. The molecule has 0 unspecified atom stereocenters. The monoisotopic (exact) mass is 204 g/mol. The standard InChI is InChI=1S/C13H16O2/c1-9(2)8-15-12-5-3-4-10-6-7-11(14)13(10)12/h3-5,9H,6-8H2,1-2H3. The van der Waals surface area contributed by atoms with Crippen LogP contribution >= 0.6 is 0 Å². The molecule has 2 nitrogen and oxygen atoms in total. The number of hydrogen-bond donors (Lipinski definition) is 0. The number of carbonyl (C=O) groups excluding carboxylic acids is 1. The second-order valence-corrected chi connectivity index (χ2v) is 4.42. The zero-order valence-corrected chi connectivity index (χ0v) is 9.25. The van der Waals surface area contributed by atoms with Crippen molar-refractivity contribution in [3.8, 4) is 5.75 Å². The maximum atomic E-state index is 11.7. The van der Waals surface area contributed by atoms with Gasteiger partial charge in [0, 0.05) is 6.42 Å². The van der Waals surface area contributed by atoms with Crippen LogP contribution in [0.5, 0.6) is 5.75 Å². The van der Waals surface area contributed by atoms with E-state index in [-0.39, 0.29) is 5.78 Å². The fourth-order valence-corrected chi connectivity index (χ4v) is 1.85. The van der Waals surface area contributed by atoms with Crippen molar-refractivity contribution in [2.24, 2.45) is 5.92 Å². The quantitative estimate of drug-likeness (QED) is 0.756. The molecule has 2 heteroatoms. The molecule has 0 N–H and O–H groups in total. The Morgan fingerprint density at radius 1 is 1.33 bits per heavy atom. The van der Waals surface area contributed by atoms with Gasteiger partial charge in [-0.25, -0.2) is 0 Å². The Morgan fingerprint density at radius 2 is 2.13 bits per heavy atom. The fourth-order valence-electron chi connectivity index (χ4n) is 1.85. The first kappa shape index (κ1) is 10.2. The van der Waals surface area contributed by atoms with Gasteiger partial charge in [0.1, 0.15) is 5.75 Å². The molecule has 0 aliphatic heterocycles. The van der Waals surface area contributed by atoms with E-state index < -0.39 is 0 Å². The van der Waals surface area contributed by atoms with Crippen LogP contribution in [0.2, 0.25) is 0 Å². The highest BCUT2D eigenvalue weighted by Crippen LogP contribution is 2.30. The number of ether oxygens (including phenoxy) is 1. The number of carbonyl (C=O) groups is 1. The molecule has 0 radical (unpaired) electrons. The predicted octanol–water partition coefficient (Wildman–Crippen LogP) is 2.85. The summed E-state index contributed by atoms with van der Waals surface area (Å²) in [5.41, 5.74) is 1.96. The minimum atomic E-state index is 0.226. The van der Waals surface area contributed by atoms with Gasteiger partial charge in [0.15, 0.2) is 5.78 Å². The van der Waals surface area contributed by atoms with Crippen LogP contribution in [-0.2, 0) is 6.42 Å². The van der Waals surface area contributed by atoms with E-state index in [0.717, 1.165) is 23.3 Å². The second-order valence-electron chi connectivity index (χ2n) is 4.42. The topological polar surface area (TPSA) is 26.3 Å². The molecule has 2 rings (SSSR count). The fraction of sp³-hybridized carbons (Fsp3) is 0.462. The summed E-state index contributed by atoms with van der Waals surface area (Å²) in [6.45, 7) is 4.87. The molecule has 1 aromatic rings. The van der Waals surface area contributed by atoms with E-state index in [0.29, 0.717) is 18.9 Å². The Bertz CT molecular complexity index is 380. The van der Waals surface area contributed by atoms with Crippen LogP contribution in [-0.4, -0.2) is 12.4 Å². The lowest BCUT2D eigenvalue weighted by molar-refractivity contribution is 0.0990. The van der Waals surface area contributed by atoms with Crippen LogP contribution in [0.4, 0.5) is 0 Å². The molecule has 0 spiro atoms. The van der Waals surface area contributed by atoms with Gasteiger partial charge >= 0.3 is 0 Å². The molecule has 0 aromatic heterocycles. The van der Waals surface area contributed by atoms with E-state index in [9.17, 15) is 4.79 Å². The normalized spacial score (nSPS) is 14.5. The van der Waals surface area contributed by atoms with Crippen LogP contribution in [0.15, 0.2) is 18.2 Å². The molecule has 15 heavy (non-hydrogen) atoms. The lowest BCUT2D eigenvalue weighted by Gasteiger charge is -2.11. The lowest BCUT2D eigenvalue weighted by atomic mass is 10.1. The van der Waals surface area contributed by atoms with Gasteiger partial charge in [0.25, 0.3) is 0 Å². The number of ketones is 1. The minimum Gasteiger partial charge on any atom is -0.493 e. The van der Waals surface area contributed by atoms with Gasteiger partial charge in [0.05, 0.1) is 12.2 Å². The van der Waals surface area contributed by atoms with Gasteiger partial charge in [-0.1, -0.05) is 26.0 Å². The van der Waals surface area contributed by atoms with E-state index in [2.05, 4.69) is 13.8 Å². The Hall–Kier alpha value is -1.31. The van der Waals surface area contributed by atoms with Gasteiger partial charge < -0.3 is 4.74 Å². The molecule has 1 aliphatic rings. The molecule has 0 saturated carbocycles. The third kappa shape index (κ3) is 2.04. The van der Waals surface area contributed by atoms with Crippen molar-refractivity contribution < 1.29 is 9.53 Å². The molecular weight excluding hydrogens is 188 g/mol. The molecule has 80 valence electrons. The number of hydrogen-bond acceptors (Lipinski definition) is 2. The van der Waals surface area contributed by atoms with Crippen molar-refractivity contribution in [3.05, 3.63) is 29.3 Å². The second kappa shape index (κ2) is 4.05. The molecule has 0 amide bonds. The summed E-state index contributed by atoms with van der Waals surface area (Å²) in [5, 5.41) is 0. The Balaban J connectivity index is 2.25. The van der Waals surface area contributed by atoms with Crippen molar-refractivity contribution >= 4 is 5.78 Å². The van der Waals surface area contributed by atoms with Crippen molar-refractivity contribution in [2.75, 3.05) is 6.61 Å². The Kier molecular flexibility index (Phi) is 2.76. The van der Waals surface area contributed by atoms with Crippen molar-refractivity contribution in [1.82, 2.24) is 0 Å². The number of aryl methyl sites for hydroxylation is 1. The first-order valence-electron chi connectivity index (χ1n) is 5.46. The van der Waals surface area contributed by atoms with Gasteiger partial charge in [-0.05, 0) is 24.0 Å². The van der Waals surface area contributed by atoms with Gasteiger partial charge in [-0.15, -0.1) is 0 Å². The first-order valence-corrected chi connectivity index (χ1v) is 5.46. The largest absolute Gasteiger partial charge is 0.493 e. The van der Waals surface area contributed by atoms with Crippen molar-refractivity contribution in [1.29, 1.82) is 0 Å². The average molecular weight is 204 g/mol. The first-order chi connectivity index (χ1) is 7.18. The molecule has 0 atom stereocenters. The molecule has 0 saturated heterocycles. The molecule has 0 bridgehead atoms. The highest BCUT2D eigenvalue weighted by Gasteiger charge is 2.23. The summed E-state index contributed by atoms with van der Waals surface area (Å²) in [6, 6.07) is 5.87. The van der Waals surface area contributed by atoms with Gasteiger partial charge in [-0.2, -0.15) is 0 Å². The zero-order valence-electron chi connectivity index (χ0n) is 9.25. The van der Waals surface area contributed by atoms with Crippen LogP contribution in [0, 0.1) is 5.92 Å². The third-order valence-electron chi connectivity index (χ3n) is 2.58. The van der Waals surface area contributed by atoms with E-state index in [1.54, 1.807) is 0 Å². The minimum absolute atomic E-state index is 0.226. The van der Waals surface area contributed by atoms with Crippen LogP contribution in [0.1, 0.15) is 36.2 Å². The van der Waals surface area contributed by atoms with Crippen LogP contribution in [0.25, 0.3) is 0 Å². The summed E-state index contributed by atoms with van der Waals surface area (Å²) in [7, 11) is 0. The predicted molar refractivity (Wildman–Crippen MR) is 59.4 cm³/mol. The smallest absolute Gasteiger partial charge is 0.167 e. The van der Waals surface area contributed by atoms with Crippen LogP contribution in [0.3, 0.4) is 0 Å². The van der Waals surface area contributed by atoms with Crippen LogP contribution < -0.4 is 4.74 Å². The number of Topliss-reactive ketones (excluding diaryl/α,β-unsaturated/α-hetero) is 1. The average Bonchev–Trinajstić information content (AvgIpc) is 2.58. The highest BCUT2D eigenvalue weighted by molar-refractivity contribution is 6.02. The summed E-state index contributed by atoms with van der Waals surface area (Å²) in [6.07, 6.45) is 1.50. The Labute approximate surface area is 90.3 Å². The summed E-state index contributed by atoms with van der Waals surface area (Å²) in [5.74, 6) is 1.48. The third-order valence-corrected chi connectivity index (χ3v) is 2.58. The van der Waals surface area contributed by atoms with Gasteiger partial charge in [-0.3, -0.25) is 4.79 Å². The maximum absolute atomic E-state index is 11.7. The SMILES string of the molecule is CC(C)COc1cccc2c1C(=O)CC2. The molecule has 1 aliphatic carbocycles. The van der Waals surface area contributed by atoms with Crippen molar-refractivity contribution in [3.63, 3.8) is 0 Å². The molecule has 0 fully saturated rings. The Morgan fingerprint density at radius 3 is 2.87 bits per heavy atom. The lowest BCUT2D eigenvalue weighted by Crippen LogP contribution is -2.07. The number of rotatable bonds is 3. The molecular formula is C13H16O2. The summed E-state index contributed by atoms with van der Waals surface area (Å²) >= 11 is 0. The summed E-state index contributed by atoms with van der Waals surface area (Å²) in [4.78, 5) is 11.7. The summed E-state index contributed by atoms with van der Waals surface area (Å²) < 4.78 is 5.66. The molecule has 1 aromatic carbocycles. The number of fused-ring (bicyclic) bond motifs is 1. The van der Waals surface area contributed by atoms with E-state index in [1.807, 2.05) is 18.2 Å². The number of benzene rings is 1. The van der Waals surface area contributed by atoms with E-state index in [1.165, 1.54) is 0 Å². The highest BCUT2D eigenvalue weighted by atomic mass is 16.5. The zero-order chi connectivity index (χ0) is 10.8.